The average Bonchev–Trinajstić information content (AvgIpc) is 2.85. The second-order valence-corrected chi connectivity index (χ2v) is 5.38. The normalized spacial score (nSPS) is 11.7. The summed E-state index contributed by atoms with van der Waals surface area (Å²) in [5.41, 5.74) is 7.05. The van der Waals surface area contributed by atoms with Gasteiger partial charge < -0.3 is 15.6 Å². The summed E-state index contributed by atoms with van der Waals surface area (Å²) in [6.45, 7) is 0. The highest BCUT2D eigenvalue weighted by atomic mass is 79.9. The van der Waals surface area contributed by atoms with Crippen LogP contribution in [0.5, 0.6) is 11.5 Å². The minimum atomic E-state index is -0.208. The molecule has 3 N–H and O–H groups in total. The van der Waals surface area contributed by atoms with Crippen LogP contribution in [0.15, 0.2) is 34.1 Å². The van der Waals surface area contributed by atoms with Crippen LogP contribution in [0.4, 0.5) is 0 Å². The number of ether oxygens (including phenoxy) is 1. The number of thiophene rings is 1. The van der Waals surface area contributed by atoms with Gasteiger partial charge in [0.05, 0.1) is 17.6 Å². The Balaban J connectivity index is 0.00000162. The Morgan fingerprint density at radius 2 is 2.17 bits per heavy atom. The van der Waals surface area contributed by atoms with Crippen LogP contribution < -0.4 is 10.5 Å². The van der Waals surface area contributed by atoms with E-state index < -0.39 is 0 Å². The largest absolute Gasteiger partial charge is 0.503 e. The lowest BCUT2D eigenvalue weighted by Crippen LogP contribution is -2.10. The van der Waals surface area contributed by atoms with Crippen molar-refractivity contribution in [3.8, 4) is 11.5 Å². The van der Waals surface area contributed by atoms with Gasteiger partial charge in [0.1, 0.15) is 0 Å². The molecule has 6 heteroatoms. The molecule has 1 heterocycles. The Morgan fingerprint density at radius 1 is 1.44 bits per heavy atom. The second-order valence-electron chi connectivity index (χ2n) is 3.55. The third-order valence-electron chi connectivity index (χ3n) is 2.48. The molecule has 0 fully saturated rings. The highest BCUT2D eigenvalue weighted by Gasteiger charge is 2.15. The quantitative estimate of drug-likeness (QED) is 0.887. The minimum Gasteiger partial charge on any atom is -0.503 e. The standard InChI is InChI=1S/C12H12BrNO2S.ClH/c1-16-9-6-7(5-8(13)12(9)15)11(14)10-3-2-4-17-10;/h2-6,11,15H,14H2,1H3;1H/t11-;/m1./s1. The van der Waals surface area contributed by atoms with Gasteiger partial charge in [0.15, 0.2) is 11.5 Å². The van der Waals surface area contributed by atoms with E-state index in [1.165, 1.54) is 7.11 Å². The lowest BCUT2D eigenvalue weighted by molar-refractivity contribution is 0.371. The molecule has 0 unspecified atom stereocenters. The SMILES string of the molecule is COc1cc([C@@H](N)c2cccs2)cc(Br)c1O.Cl. The van der Waals surface area contributed by atoms with E-state index in [1.54, 1.807) is 17.4 Å². The van der Waals surface area contributed by atoms with Crippen molar-refractivity contribution in [2.45, 2.75) is 6.04 Å². The van der Waals surface area contributed by atoms with Crippen molar-refractivity contribution in [2.75, 3.05) is 7.11 Å². The van der Waals surface area contributed by atoms with Crippen LogP contribution >= 0.6 is 39.7 Å². The van der Waals surface area contributed by atoms with Crippen LogP contribution in [0.1, 0.15) is 16.5 Å². The van der Waals surface area contributed by atoms with Gasteiger partial charge in [-0.15, -0.1) is 23.7 Å². The zero-order valence-electron chi connectivity index (χ0n) is 9.59. The topological polar surface area (TPSA) is 55.5 Å². The van der Waals surface area contributed by atoms with Crippen LogP contribution in [-0.4, -0.2) is 12.2 Å². The summed E-state index contributed by atoms with van der Waals surface area (Å²) in [6.07, 6.45) is 0. The lowest BCUT2D eigenvalue weighted by Gasteiger charge is -2.13. The Kier molecular flexibility index (Phi) is 5.47. The maximum atomic E-state index is 9.72. The molecule has 0 radical (unpaired) electrons. The monoisotopic (exact) mass is 349 g/mol. The van der Waals surface area contributed by atoms with E-state index in [1.807, 2.05) is 23.6 Å². The first-order chi connectivity index (χ1) is 8.13. The van der Waals surface area contributed by atoms with Crippen molar-refractivity contribution in [2.24, 2.45) is 5.73 Å². The molecule has 98 valence electrons. The summed E-state index contributed by atoms with van der Waals surface area (Å²) in [7, 11) is 1.52. The zero-order valence-corrected chi connectivity index (χ0v) is 12.8. The molecule has 0 aliphatic carbocycles. The van der Waals surface area contributed by atoms with E-state index in [2.05, 4.69) is 15.9 Å². The van der Waals surface area contributed by atoms with Gasteiger partial charge in [0.25, 0.3) is 0 Å². The molecular formula is C12H13BrClNO2S. The van der Waals surface area contributed by atoms with E-state index in [-0.39, 0.29) is 24.2 Å². The summed E-state index contributed by atoms with van der Waals surface area (Å²) >= 11 is 4.89. The van der Waals surface area contributed by atoms with Gasteiger partial charge in [-0.25, -0.2) is 0 Å². The summed E-state index contributed by atoms with van der Waals surface area (Å²) in [5, 5.41) is 11.7. The van der Waals surface area contributed by atoms with Crippen molar-refractivity contribution >= 4 is 39.7 Å². The van der Waals surface area contributed by atoms with E-state index >= 15 is 0 Å². The molecule has 1 aromatic heterocycles. The molecule has 0 aliphatic rings. The lowest BCUT2D eigenvalue weighted by atomic mass is 10.1. The number of aromatic hydroxyl groups is 1. The molecular weight excluding hydrogens is 338 g/mol. The smallest absolute Gasteiger partial charge is 0.172 e. The van der Waals surface area contributed by atoms with Crippen molar-refractivity contribution in [1.82, 2.24) is 0 Å². The Bertz CT molecular complexity index is 519. The van der Waals surface area contributed by atoms with Gasteiger partial charge >= 0.3 is 0 Å². The third-order valence-corrected chi connectivity index (χ3v) is 4.04. The van der Waals surface area contributed by atoms with Gasteiger partial charge in [-0.05, 0) is 45.1 Å². The predicted molar refractivity (Wildman–Crippen MR) is 80.0 cm³/mol. The van der Waals surface area contributed by atoms with Gasteiger partial charge in [0.2, 0.25) is 0 Å². The predicted octanol–water partition coefficient (Wildman–Crippen LogP) is 3.69. The Morgan fingerprint density at radius 3 is 2.72 bits per heavy atom. The second kappa shape index (κ2) is 6.43. The van der Waals surface area contributed by atoms with Crippen LogP contribution in [0.3, 0.4) is 0 Å². The number of hydrogen-bond donors (Lipinski definition) is 2. The molecule has 2 rings (SSSR count). The van der Waals surface area contributed by atoms with Crippen molar-refractivity contribution in [3.05, 3.63) is 44.6 Å². The summed E-state index contributed by atoms with van der Waals surface area (Å²) in [6, 6.07) is 7.31. The molecule has 1 aromatic carbocycles. The fourth-order valence-corrected chi connectivity index (χ4v) is 2.78. The third kappa shape index (κ3) is 2.98. The summed E-state index contributed by atoms with van der Waals surface area (Å²) < 4.78 is 5.68. The van der Waals surface area contributed by atoms with Crippen molar-refractivity contribution in [1.29, 1.82) is 0 Å². The number of nitrogens with two attached hydrogens (primary N) is 1. The van der Waals surface area contributed by atoms with E-state index in [0.717, 1.165) is 10.4 Å². The van der Waals surface area contributed by atoms with Crippen LogP contribution in [-0.2, 0) is 0 Å². The number of phenolic OH excluding ortho intramolecular Hbond substituents is 1. The first-order valence-corrected chi connectivity index (χ1v) is 6.66. The van der Waals surface area contributed by atoms with E-state index in [0.29, 0.717) is 10.2 Å². The molecule has 3 nitrogen and oxygen atoms in total. The first-order valence-electron chi connectivity index (χ1n) is 4.99. The molecule has 0 amide bonds. The van der Waals surface area contributed by atoms with E-state index in [4.69, 9.17) is 10.5 Å². The summed E-state index contributed by atoms with van der Waals surface area (Å²) in [4.78, 5) is 1.07. The maximum Gasteiger partial charge on any atom is 0.172 e. The van der Waals surface area contributed by atoms with Crippen LogP contribution in [0, 0.1) is 0 Å². The van der Waals surface area contributed by atoms with Crippen molar-refractivity contribution < 1.29 is 9.84 Å². The molecule has 18 heavy (non-hydrogen) atoms. The maximum absolute atomic E-state index is 9.72. The molecule has 1 atom stereocenters. The number of phenols is 1. The number of hydrogen-bond acceptors (Lipinski definition) is 4. The number of methoxy groups -OCH3 is 1. The van der Waals surface area contributed by atoms with E-state index in [9.17, 15) is 5.11 Å². The van der Waals surface area contributed by atoms with Gasteiger partial charge in [-0.2, -0.15) is 0 Å². The molecule has 0 aliphatic heterocycles. The minimum absolute atomic E-state index is 0. The van der Waals surface area contributed by atoms with Gasteiger partial charge in [0, 0.05) is 4.88 Å². The van der Waals surface area contributed by atoms with Gasteiger partial charge in [-0.3, -0.25) is 0 Å². The highest BCUT2D eigenvalue weighted by Crippen LogP contribution is 2.38. The molecule has 0 spiro atoms. The molecule has 0 saturated carbocycles. The fraction of sp³-hybridized carbons (Fsp3) is 0.167. The van der Waals surface area contributed by atoms with Crippen LogP contribution in [0.25, 0.3) is 0 Å². The molecule has 0 saturated heterocycles. The number of rotatable bonds is 3. The van der Waals surface area contributed by atoms with Gasteiger partial charge in [-0.1, -0.05) is 6.07 Å². The number of benzene rings is 1. The first kappa shape index (κ1) is 15.3. The van der Waals surface area contributed by atoms with Crippen LogP contribution in [0.2, 0.25) is 0 Å². The highest BCUT2D eigenvalue weighted by molar-refractivity contribution is 9.10. The summed E-state index contributed by atoms with van der Waals surface area (Å²) in [5.74, 6) is 0.510. The van der Waals surface area contributed by atoms with Crippen molar-refractivity contribution in [3.63, 3.8) is 0 Å². The Labute approximate surface area is 124 Å². The fourth-order valence-electron chi connectivity index (χ4n) is 1.56. The Hall–Kier alpha value is -0.750. The molecule has 0 bridgehead atoms. The average molecular weight is 351 g/mol. The molecule has 2 aromatic rings. The zero-order chi connectivity index (χ0) is 12.4. The number of halogens is 2.